The summed E-state index contributed by atoms with van der Waals surface area (Å²) in [5, 5.41) is 9.72. The van der Waals surface area contributed by atoms with E-state index in [0.717, 1.165) is 76.8 Å². The Balaban J connectivity index is 1.30. The normalized spacial score (nSPS) is 35.6. The molecular weight excluding hydrogens is 472 g/mol. The molecule has 2 unspecified atom stereocenters. The highest BCUT2D eigenvalue weighted by molar-refractivity contribution is 5.21. The van der Waals surface area contributed by atoms with E-state index in [-0.39, 0.29) is 49.3 Å². The summed E-state index contributed by atoms with van der Waals surface area (Å²) in [6.07, 6.45) is 13.2. The maximum absolute atomic E-state index is 9.72. The van der Waals surface area contributed by atoms with Crippen LogP contribution in [0.15, 0.2) is 42.5 Å². The Labute approximate surface area is 221 Å². The van der Waals surface area contributed by atoms with Crippen molar-refractivity contribution in [2.75, 3.05) is 33.0 Å². The Kier molecular flexibility index (Phi) is 10.3. The van der Waals surface area contributed by atoms with E-state index in [1.165, 1.54) is 0 Å². The molecule has 5 rings (SSSR count). The van der Waals surface area contributed by atoms with Gasteiger partial charge in [0.2, 0.25) is 0 Å². The first-order valence-corrected chi connectivity index (χ1v) is 14.4. The van der Waals surface area contributed by atoms with Crippen LogP contribution in [0.1, 0.15) is 57.8 Å². The number of hydrogen-bond acceptors (Lipinski definition) is 7. The minimum absolute atomic E-state index is 0.0432. The molecule has 4 fully saturated rings. The van der Waals surface area contributed by atoms with Gasteiger partial charge in [-0.2, -0.15) is 0 Å². The smallest absolute Gasteiger partial charge is 0.158 e. The molecule has 1 aromatic carbocycles. The van der Waals surface area contributed by atoms with E-state index in [9.17, 15) is 5.11 Å². The van der Waals surface area contributed by atoms with Crippen LogP contribution in [-0.2, 0) is 23.7 Å². The van der Waals surface area contributed by atoms with Crippen LogP contribution in [-0.4, -0.2) is 69.0 Å². The van der Waals surface area contributed by atoms with E-state index >= 15 is 0 Å². The van der Waals surface area contributed by atoms with Crippen LogP contribution >= 0.6 is 0 Å². The second-order valence-electron chi connectivity index (χ2n) is 10.9. The zero-order chi connectivity index (χ0) is 25.3. The highest BCUT2D eigenvalue weighted by Crippen LogP contribution is 2.43. The van der Waals surface area contributed by atoms with Gasteiger partial charge in [0.05, 0.1) is 18.8 Å². The third-order valence-electron chi connectivity index (χ3n) is 8.21. The molecule has 1 saturated carbocycles. The van der Waals surface area contributed by atoms with Crippen molar-refractivity contribution in [2.24, 2.45) is 17.8 Å². The van der Waals surface area contributed by atoms with E-state index < -0.39 is 0 Å². The Bertz CT molecular complexity index is 805. The van der Waals surface area contributed by atoms with Gasteiger partial charge in [-0.1, -0.05) is 30.4 Å². The lowest BCUT2D eigenvalue weighted by Crippen LogP contribution is -2.32. The molecule has 1 aromatic rings. The number of ether oxygens (including phenoxy) is 6. The summed E-state index contributed by atoms with van der Waals surface area (Å²) in [7, 11) is 0. The van der Waals surface area contributed by atoms with Crippen LogP contribution in [0.3, 0.4) is 0 Å². The van der Waals surface area contributed by atoms with Gasteiger partial charge in [0.15, 0.2) is 12.6 Å². The Morgan fingerprint density at radius 1 is 0.919 bits per heavy atom. The molecule has 3 heterocycles. The van der Waals surface area contributed by atoms with Gasteiger partial charge >= 0.3 is 0 Å². The maximum Gasteiger partial charge on any atom is 0.158 e. The molecule has 7 heteroatoms. The molecule has 3 saturated heterocycles. The minimum Gasteiger partial charge on any atom is -0.491 e. The fourth-order valence-corrected chi connectivity index (χ4v) is 6.10. The zero-order valence-corrected chi connectivity index (χ0v) is 22.0. The Hall–Kier alpha value is -1.48. The van der Waals surface area contributed by atoms with Crippen molar-refractivity contribution in [2.45, 2.75) is 88.7 Å². The lowest BCUT2D eigenvalue weighted by molar-refractivity contribution is -0.193. The number of benzene rings is 1. The molecule has 0 bridgehead atoms. The van der Waals surface area contributed by atoms with Gasteiger partial charge in [0.25, 0.3) is 0 Å². The van der Waals surface area contributed by atoms with Crippen molar-refractivity contribution in [1.29, 1.82) is 0 Å². The molecule has 0 aromatic heterocycles. The number of fused-ring (bicyclic) bond motifs is 1. The Morgan fingerprint density at radius 2 is 1.70 bits per heavy atom. The monoisotopic (exact) mass is 516 g/mol. The van der Waals surface area contributed by atoms with E-state index in [0.29, 0.717) is 19.1 Å². The number of rotatable bonds is 10. The molecule has 0 amide bonds. The molecule has 206 valence electrons. The summed E-state index contributed by atoms with van der Waals surface area (Å²) in [5.41, 5.74) is 0. The number of hydrogen-bond donors (Lipinski definition) is 1. The number of aliphatic hydroxyl groups is 1. The maximum atomic E-state index is 9.72. The van der Waals surface area contributed by atoms with Gasteiger partial charge in [0.1, 0.15) is 18.5 Å². The lowest BCUT2D eigenvalue weighted by atomic mass is 9.87. The first-order valence-electron chi connectivity index (χ1n) is 14.4. The van der Waals surface area contributed by atoms with Crippen LogP contribution in [0.5, 0.6) is 5.75 Å². The van der Waals surface area contributed by atoms with E-state index in [4.69, 9.17) is 28.4 Å². The predicted molar refractivity (Wildman–Crippen MR) is 139 cm³/mol. The summed E-state index contributed by atoms with van der Waals surface area (Å²) in [4.78, 5) is 0. The third kappa shape index (κ3) is 7.78. The van der Waals surface area contributed by atoms with Crippen LogP contribution in [0.4, 0.5) is 0 Å². The Morgan fingerprint density at radius 3 is 2.43 bits per heavy atom. The van der Waals surface area contributed by atoms with Gasteiger partial charge in [-0.05, 0) is 69.4 Å². The molecule has 4 aliphatic rings. The third-order valence-corrected chi connectivity index (χ3v) is 8.21. The molecular formula is C30H44O7. The topological polar surface area (TPSA) is 75.6 Å². The fraction of sp³-hybridized carbons (Fsp3) is 0.733. The van der Waals surface area contributed by atoms with Gasteiger partial charge < -0.3 is 33.5 Å². The largest absolute Gasteiger partial charge is 0.491 e. The first kappa shape index (κ1) is 27.1. The average Bonchev–Trinajstić information content (AvgIpc) is 3.13. The average molecular weight is 517 g/mol. The minimum atomic E-state index is -0.231. The van der Waals surface area contributed by atoms with E-state index in [2.05, 4.69) is 12.2 Å². The summed E-state index contributed by atoms with van der Waals surface area (Å²) < 4.78 is 37.2. The highest BCUT2D eigenvalue weighted by Gasteiger charge is 2.45. The predicted octanol–water partition coefficient (Wildman–Crippen LogP) is 4.87. The molecule has 0 spiro atoms. The van der Waals surface area contributed by atoms with Gasteiger partial charge in [0, 0.05) is 38.1 Å². The standard InChI is InChI=1S/C30H44O7/c31-19-22-12-14-25-26(28(18-27(25)35-20-22)37-30-11-5-7-17-33-30)15-13-24(36-29-10-4-6-16-32-29)21-34-23-8-2-1-3-9-23/h1-3,8-9,13,15,22,24-31H,4-7,10-12,14,16-21H2/b15-13+/t22-,24-,25-,26-,27+,28-,29?,30?/m1/s1. The second kappa shape index (κ2) is 14.1. The van der Waals surface area contributed by atoms with Crippen molar-refractivity contribution in [3.05, 3.63) is 42.5 Å². The molecule has 0 radical (unpaired) electrons. The second-order valence-corrected chi connectivity index (χ2v) is 10.9. The molecule has 1 aliphatic carbocycles. The lowest BCUT2D eigenvalue weighted by Gasteiger charge is -2.30. The fourth-order valence-electron chi connectivity index (χ4n) is 6.10. The quantitative estimate of drug-likeness (QED) is 0.445. The first-order chi connectivity index (χ1) is 18.3. The summed E-state index contributed by atoms with van der Waals surface area (Å²) in [6.45, 7) is 2.74. The van der Waals surface area contributed by atoms with Crippen molar-refractivity contribution < 1.29 is 33.5 Å². The highest BCUT2D eigenvalue weighted by atomic mass is 16.7. The van der Waals surface area contributed by atoms with Crippen LogP contribution in [0.2, 0.25) is 0 Å². The zero-order valence-electron chi connectivity index (χ0n) is 22.0. The van der Waals surface area contributed by atoms with Crippen LogP contribution < -0.4 is 4.74 Å². The number of aliphatic hydroxyl groups excluding tert-OH is 1. The molecule has 3 aliphatic heterocycles. The van der Waals surface area contributed by atoms with Gasteiger partial charge in [-0.3, -0.25) is 0 Å². The SMILES string of the molecule is OC[C@H]1CC[C@@H]2[C@@H](/C=C/[C@H](COc3ccccc3)OC3CCCCO3)[C@H](OC3CCCCO3)C[C@@H]2OC1. The summed E-state index contributed by atoms with van der Waals surface area (Å²) in [6, 6.07) is 9.87. The molecule has 8 atom stereocenters. The van der Waals surface area contributed by atoms with Gasteiger partial charge in [-0.15, -0.1) is 0 Å². The molecule has 37 heavy (non-hydrogen) atoms. The summed E-state index contributed by atoms with van der Waals surface area (Å²) >= 11 is 0. The molecule has 1 N–H and O–H groups in total. The summed E-state index contributed by atoms with van der Waals surface area (Å²) in [5.74, 6) is 1.60. The van der Waals surface area contributed by atoms with Crippen molar-refractivity contribution in [3.63, 3.8) is 0 Å². The van der Waals surface area contributed by atoms with Crippen LogP contribution in [0, 0.1) is 17.8 Å². The van der Waals surface area contributed by atoms with Crippen molar-refractivity contribution in [3.8, 4) is 5.75 Å². The van der Waals surface area contributed by atoms with Crippen LogP contribution in [0.25, 0.3) is 0 Å². The number of para-hydroxylation sites is 1. The van der Waals surface area contributed by atoms with Gasteiger partial charge in [-0.25, -0.2) is 0 Å². The van der Waals surface area contributed by atoms with Crippen molar-refractivity contribution in [1.82, 2.24) is 0 Å². The molecule has 7 nitrogen and oxygen atoms in total. The van der Waals surface area contributed by atoms with E-state index in [1.54, 1.807) is 0 Å². The van der Waals surface area contributed by atoms with E-state index in [1.807, 2.05) is 30.3 Å². The van der Waals surface area contributed by atoms with Crippen molar-refractivity contribution >= 4 is 0 Å².